The number of sulfonamides is 1. The lowest BCUT2D eigenvalue weighted by molar-refractivity contribution is 0.0124. The van der Waals surface area contributed by atoms with E-state index in [4.69, 9.17) is 4.74 Å². The molecule has 1 amide bonds. The number of ether oxygens (including phenoxy) is 1. The van der Waals surface area contributed by atoms with Crippen LogP contribution >= 0.6 is 0 Å². The van der Waals surface area contributed by atoms with E-state index in [-0.39, 0.29) is 11.9 Å². The molecule has 0 aliphatic carbocycles. The van der Waals surface area contributed by atoms with E-state index in [0.29, 0.717) is 23.7 Å². The van der Waals surface area contributed by atoms with Crippen LogP contribution in [0, 0.1) is 5.92 Å². The Bertz CT molecular complexity index is 1020. The van der Waals surface area contributed by atoms with E-state index in [1.165, 1.54) is 6.08 Å². The zero-order chi connectivity index (χ0) is 23.7. The van der Waals surface area contributed by atoms with Crippen LogP contribution in [0.15, 0.2) is 60.0 Å². The summed E-state index contributed by atoms with van der Waals surface area (Å²) in [6.45, 7) is 8.13. The Kier molecular flexibility index (Phi) is 9.05. The number of carbonyl (C=O) groups is 1. The standard InChI is InChI=1S/C25H33N3O4S/c1-20(2)18-24(28-13-15-32-16-14-28)19-26-25(29)22-8-10-23(11-9-22)27-33(30,31)17-12-21-6-4-3-5-7-21/h3-12,17,20,24,27H,13-16,18-19H2,1-2H3,(H,26,29)/b17-12+. The maximum Gasteiger partial charge on any atom is 0.255 e. The Morgan fingerprint density at radius 2 is 1.73 bits per heavy atom. The number of amides is 1. The fourth-order valence-corrected chi connectivity index (χ4v) is 4.65. The Hall–Kier alpha value is -2.68. The molecule has 3 rings (SSSR count). The predicted molar refractivity (Wildman–Crippen MR) is 132 cm³/mol. The van der Waals surface area contributed by atoms with Crippen molar-refractivity contribution in [3.05, 3.63) is 71.1 Å². The summed E-state index contributed by atoms with van der Waals surface area (Å²) in [6, 6.07) is 15.9. The number of rotatable bonds is 10. The summed E-state index contributed by atoms with van der Waals surface area (Å²) in [5.74, 6) is 0.355. The third kappa shape index (κ3) is 8.31. The second-order valence-corrected chi connectivity index (χ2v) is 10.1. The van der Waals surface area contributed by atoms with Crippen LogP contribution in [0.25, 0.3) is 6.08 Å². The summed E-state index contributed by atoms with van der Waals surface area (Å²) in [5.41, 5.74) is 1.68. The molecule has 33 heavy (non-hydrogen) atoms. The van der Waals surface area contributed by atoms with Gasteiger partial charge in [-0.15, -0.1) is 0 Å². The quantitative estimate of drug-likeness (QED) is 0.553. The molecule has 1 fully saturated rings. The maximum atomic E-state index is 12.7. The van der Waals surface area contributed by atoms with Gasteiger partial charge >= 0.3 is 0 Å². The minimum absolute atomic E-state index is 0.171. The molecular weight excluding hydrogens is 438 g/mol. The molecule has 1 aliphatic heterocycles. The van der Waals surface area contributed by atoms with Crippen LogP contribution in [0.4, 0.5) is 5.69 Å². The topological polar surface area (TPSA) is 87.7 Å². The van der Waals surface area contributed by atoms with Crippen molar-refractivity contribution in [2.75, 3.05) is 37.6 Å². The Balaban J connectivity index is 1.56. The Morgan fingerprint density at radius 3 is 2.36 bits per heavy atom. The molecule has 2 aromatic rings. The fraction of sp³-hybridized carbons (Fsp3) is 0.400. The van der Waals surface area contributed by atoms with Gasteiger partial charge in [0.05, 0.1) is 18.6 Å². The molecule has 8 heteroatoms. The van der Waals surface area contributed by atoms with Crippen molar-refractivity contribution in [3.8, 4) is 0 Å². The highest BCUT2D eigenvalue weighted by atomic mass is 32.2. The van der Waals surface area contributed by atoms with Crippen molar-refractivity contribution in [3.63, 3.8) is 0 Å². The van der Waals surface area contributed by atoms with E-state index in [1.54, 1.807) is 24.3 Å². The lowest BCUT2D eigenvalue weighted by atomic mass is 10.0. The van der Waals surface area contributed by atoms with Gasteiger partial charge in [0.1, 0.15) is 0 Å². The van der Waals surface area contributed by atoms with Crippen LogP contribution in [0.1, 0.15) is 36.2 Å². The first-order valence-corrected chi connectivity index (χ1v) is 12.8. The highest BCUT2D eigenvalue weighted by Crippen LogP contribution is 2.15. The van der Waals surface area contributed by atoms with Gasteiger partial charge in [0, 0.05) is 36.9 Å². The highest BCUT2D eigenvalue weighted by Gasteiger charge is 2.22. The van der Waals surface area contributed by atoms with Crippen molar-refractivity contribution in [2.24, 2.45) is 5.92 Å². The number of hydrogen-bond donors (Lipinski definition) is 2. The van der Waals surface area contributed by atoms with Gasteiger partial charge in [-0.3, -0.25) is 14.4 Å². The first-order valence-electron chi connectivity index (χ1n) is 11.3. The molecule has 2 aromatic carbocycles. The molecule has 7 nitrogen and oxygen atoms in total. The number of carbonyl (C=O) groups excluding carboxylic acids is 1. The molecule has 2 N–H and O–H groups in total. The second-order valence-electron chi connectivity index (χ2n) is 8.58. The molecule has 1 saturated heterocycles. The summed E-state index contributed by atoms with van der Waals surface area (Å²) in [7, 11) is -3.66. The fourth-order valence-electron chi connectivity index (χ4n) is 3.78. The van der Waals surface area contributed by atoms with Crippen LogP contribution < -0.4 is 10.0 Å². The lowest BCUT2D eigenvalue weighted by Gasteiger charge is -2.35. The van der Waals surface area contributed by atoms with Crippen LogP contribution in [0.2, 0.25) is 0 Å². The van der Waals surface area contributed by atoms with Crippen molar-refractivity contribution in [2.45, 2.75) is 26.3 Å². The molecule has 178 valence electrons. The van der Waals surface area contributed by atoms with E-state index >= 15 is 0 Å². The number of anilines is 1. The average Bonchev–Trinajstić information content (AvgIpc) is 2.81. The summed E-state index contributed by atoms with van der Waals surface area (Å²) in [5, 5.41) is 4.17. The summed E-state index contributed by atoms with van der Waals surface area (Å²) in [4.78, 5) is 15.0. The summed E-state index contributed by atoms with van der Waals surface area (Å²) >= 11 is 0. The second kappa shape index (κ2) is 12.0. The zero-order valence-electron chi connectivity index (χ0n) is 19.2. The first-order chi connectivity index (χ1) is 15.8. The number of morpholine rings is 1. The number of hydrogen-bond acceptors (Lipinski definition) is 5. The minimum atomic E-state index is -3.66. The number of benzene rings is 2. The van der Waals surface area contributed by atoms with Crippen LogP contribution in [-0.2, 0) is 14.8 Å². The van der Waals surface area contributed by atoms with E-state index < -0.39 is 10.0 Å². The smallest absolute Gasteiger partial charge is 0.255 e. The predicted octanol–water partition coefficient (Wildman–Crippen LogP) is 3.58. The van der Waals surface area contributed by atoms with Crippen molar-refractivity contribution in [1.29, 1.82) is 0 Å². The first kappa shape index (κ1) is 25.0. The molecule has 1 aliphatic rings. The highest BCUT2D eigenvalue weighted by molar-refractivity contribution is 7.95. The molecule has 0 bridgehead atoms. The van der Waals surface area contributed by atoms with Gasteiger partial charge in [-0.1, -0.05) is 44.2 Å². The molecule has 0 saturated carbocycles. The molecule has 1 atom stereocenters. The van der Waals surface area contributed by atoms with E-state index in [0.717, 1.165) is 43.7 Å². The monoisotopic (exact) mass is 471 g/mol. The van der Waals surface area contributed by atoms with Gasteiger partial charge in [-0.05, 0) is 48.2 Å². The van der Waals surface area contributed by atoms with Gasteiger partial charge in [-0.2, -0.15) is 0 Å². The number of nitrogens with one attached hydrogen (secondary N) is 2. The van der Waals surface area contributed by atoms with Gasteiger partial charge < -0.3 is 10.1 Å². The number of nitrogens with zero attached hydrogens (tertiary/aromatic N) is 1. The zero-order valence-corrected chi connectivity index (χ0v) is 20.1. The molecular formula is C25H33N3O4S. The van der Waals surface area contributed by atoms with E-state index in [9.17, 15) is 13.2 Å². The minimum Gasteiger partial charge on any atom is -0.379 e. The maximum absolute atomic E-state index is 12.7. The van der Waals surface area contributed by atoms with Gasteiger partial charge in [-0.25, -0.2) is 8.42 Å². The van der Waals surface area contributed by atoms with Crippen LogP contribution in [0.5, 0.6) is 0 Å². The Labute approximate surface area is 196 Å². The molecule has 0 radical (unpaired) electrons. The normalized spacial score (nSPS) is 16.1. The largest absolute Gasteiger partial charge is 0.379 e. The van der Waals surface area contributed by atoms with Crippen molar-refractivity contribution in [1.82, 2.24) is 10.2 Å². The van der Waals surface area contributed by atoms with Crippen LogP contribution in [0.3, 0.4) is 0 Å². The SMILES string of the molecule is CC(C)CC(CNC(=O)c1ccc(NS(=O)(=O)/C=C/c2ccccc2)cc1)N1CCOCC1. The van der Waals surface area contributed by atoms with Gasteiger partial charge in [0.15, 0.2) is 0 Å². The van der Waals surface area contributed by atoms with Crippen molar-refractivity contribution >= 4 is 27.7 Å². The molecule has 1 unspecified atom stereocenters. The third-order valence-electron chi connectivity index (χ3n) is 5.45. The third-order valence-corrected chi connectivity index (χ3v) is 6.46. The van der Waals surface area contributed by atoms with Gasteiger partial charge in [0.25, 0.3) is 15.9 Å². The summed E-state index contributed by atoms with van der Waals surface area (Å²) < 4.78 is 32.6. The molecule has 1 heterocycles. The molecule has 0 aromatic heterocycles. The van der Waals surface area contributed by atoms with E-state index in [2.05, 4.69) is 28.8 Å². The molecule has 0 spiro atoms. The van der Waals surface area contributed by atoms with Crippen molar-refractivity contribution < 1.29 is 17.9 Å². The summed E-state index contributed by atoms with van der Waals surface area (Å²) in [6.07, 6.45) is 2.53. The average molecular weight is 472 g/mol. The van der Waals surface area contributed by atoms with Crippen LogP contribution in [-0.4, -0.2) is 58.1 Å². The van der Waals surface area contributed by atoms with Gasteiger partial charge in [0.2, 0.25) is 0 Å². The lowest BCUT2D eigenvalue weighted by Crippen LogP contribution is -2.49. The van der Waals surface area contributed by atoms with E-state index in [1.807, 2.05) is 30.3 Å². The Morgan fingerprint density at radius 1 is 1.06 bits per heavy atom.